The van der Waals surface area contributed by atoms with Gasteiger partial charge in [0.05, 0.1) is 11.5 Å². The molecule has 0 amide bonds. The van der Waals surface area contributed by atoms with Gasteiger partial charge >= 0.3 is 0 Å². The van der Waals surface area contributed by atoms with Crippen LogP contribution in [0, 0.1) is 11.7 Å². The zero-order chi connectivity index (χ0) is 16.5. The van der Waals surface area contributed by atoms with Crippen molar-refractivity contribution in [3.05, 3.63) is 57.7 Å². The molecule has 1 fully saturated rings. The van der Waals surface area contributed by atoms with Gasteiger partial charge in [0.15, 0.2) is 5.82 Å². The van der Waals surface area contributed by atoms with Crippen LogP contribution in [0.15, 0.2) is 41.8 Å². The number of hydrogen-bond acceptors (Lipinski definition) is 4. The van der Waals surface area contributed by atoms with Gasteiger partial charge in [-0.2, -0.15) is 4.98 Å². The van der Waals surface area contributed by atoms with Crippen molar-refractivity contribution in [2.24, 2.45) is 0 Å². The van der Waals surface area contributed by atoms with Gasteiger partial charge in [0.2, 0.25) is 4.77 Å². The summed E-state index contributed by atoms with van der Waals surface area (Å²) >= 11 is 7.12. The molecule has 6 heteroatoms. The Kier molecular flexibility index (Phi) is 4.35. The third kappa shape index (κ3) is 3.50. The predicted molar refractivity (Wildman–Crippen MR) is 100 cm³/mol. The second kappa shape index (κ2) is 6.63. The third-order valence-corrected chi connectivity index (χ3v) is 5.51. The van der Waals surface area contributed by atoms with Gasteiger partial charge in [0.1, 0.15) is 0 Å². The standard InChI is InChI=1S/C18H20N4S2/c1-13-4-6-14(7-5-13)11-21(15-8-9-15)12-22-18(23)19-17(20-22)16-3-2-10-24-16/h2-7,10,15H,8-9,11-12H2,1H3,(H,19,20,23). The zero-order valence-corrected chi connectivity index (χ0v) is 15.2. The lowest BCUT2D eigenvalue weighted by Crippen LogP contribution is -2.28. The van der Waals surface area contributed by atoms with Crippen LogP contribution in [-0.2, 0) is 13.2 Å². The molecule has 0 unspecified atom stereocenters. The molecule has 0 spiro atoms. The first-order valence-electron chi connectivity index (χ1n) is 8.19. The van der Waals surface area contributed by atoms with E-state index in [9.17, 15) is 0 Å². The van der Waals surface area contributed by atoms with Gasteiger partial charge < -0.3 is 0 Å². The van der Waals surface area contributed by atoms with E-state index in [-0.39, 0.29) is 0 Å². The van der Waals surface area contributed by atoms with E-state index in [1.54, 1.807) is 11.3 Å². The van der Waals surface area contributed by atoms with Crippen LogP contribution >= 0.6 is 23.6 Å². The molecule has 24 heavy (non-hydrogen) atoms. The number of thiophene rings is 1. The molecule has 3 aromatic rings. The van der Waals surface area contributed by atoms with Crippen LogP contribution in [0.5, 0.6) is 0 Å². The fourth-order valence-corrected chi connectivity index (χ4v) is 3.68. The van der Waals surface area contributed by atoms with E-state index in [1.807, 2.05) is 10.7 Å². The highest BCUT2D eigenvalue weighted by atomic mass is 32.1. The molecule has 0 saturated heterocycles. The van der Waals surface area contributed by atoms with Crippen LogP contribution in [0.2, 0.25) is 0 Å². The van der Waals surface area contributed by atoms with Crippen molar-refractivity contribution in [3.8, 4) is 10.7 Å². The highest BCUT2D eigenvalue weighted by Crippen LogP contribution is 2.29. The minimum absolute atomic E-state index is 0.618. The average Bonchev–Trinajstić information content (AvgIpc) is 3.15. The van der Waals surface area contributed by atoms with E-state index in [0.29, 0.717) is 10.8 Å². The van der Waals surface area contributed by atoms with Crippen molar-refractivity contribution in [1.29, 1.82) is 0 Å². The van der Waals surface area contributed by atoms with E-state index in [4.69, 9.17) is 12.2 Å². The Hall–Kier alpha value is -1.76. The molecule has 1 aromatic carbocycles. The molecule has 124 valence electrons. The molecule has 1 aliphatic rings. The lowest BCUT2D eigenvalue weighted by molar-refractivity contribution is 0.187. The van der Waals surface area contributed by atoms with Crippen LogP contribution in [0.1, 0.15) is 24.0 Å². The highest BCUT2D eigenvalue weighted by molar-refractivity contribution is 7.71. The number of nitrogens with one attached hydrogen (secondary N) is 1. The average molecular weight is 357 g/mol. The number of nitrogens with zero attached hydrogens (tertiary/aromatic N) is 3. The summed E-state index contributed by atoms with van der Waals surface area (Å²) in [5, 5.41) is 5.42. The highest BCUT2D eigenvalue weighted by Gasteiger charge is 2.29. The SMILES string of the molecule is Cc1ccc(CN(Cn2[nH]c(-c3cccs3)nc2=S)C2CC2)cc1. The first kappa shape index (κ1) is 15.7. The van der Waals surface area contributed by atoms with E-state index >= 15 is 0 Å². The van der Waals surface area contributed by atoms with Crippen LogP contribution in [0.3, 0.4) is 0 Å². The molecule has 0 aliphatic heterocycles. The summed E-state index contributed by atoms with van der Waals surface area (Å²) in [4.78, 5) is 8.12. The Morgan fingerprint density at radius 2 is 2.08 bits per heavy atom. The maximum absolute atomic E-state index is 5.45. The minimum atomic E-state index is 0.618. The lowest BCUT2D eigenvalue weighted by atomic mass is 10.1. The summed E-state index contributed by atoms with van der Waals surface area (Å²) < 4.78 is 2.60. The number of benzene rings is 1. The van der Waals surface area contributed by atoms with Gasteiger partial charge in [-0.1, -0.05) is 35.9 Å². The van der Waals surface area contributed by atoms with E-state index in [2.05, 4.69) is 57.6 Å². The van der Waals surface area contributed by atoms with E-state index in [0.717, 1.165) is 23.9 Å². The number of H-pyrrole nitrogens is 1. The largest absolute Gasteiger partial charge is 0.277 e. The first-order chi connectivity index (χ1) is 11.7. The monoisotopic (exact) mass is 356 g/mol. The van der Waals surface area contributed by atoms with Crippen molar-refractivity contribution in [2.45, 2.75) is 39.0 Å². The summed E-state index contributed by atoms with van der Waals surface area (Å²) in [5.74, 6) is 0.862. The Labute approximate surface area is 150 Å². The number of hydrogen-bond donors (Lipinski definition) is 1. The predicted octanol–water partition coefficient (Wildman–Crippen LogP) is 4.60. The lowest BCUT2D eigenvalue weighted by Gasteiger charge is -2.22. The van der Waals surface area contributed by atoms with Gasteiger partial charge in [-0.3, -0.25) is 10.00 Å². The summed E-state index contributed by atoms with van der Waals surface area (Å²) in [5.41, 5.74) is 2.64. The fourth-order valence-electron chi connectivity index (χ4n) is 2.82. The molecule has 2 aromatic heterocycles. The van der Waals surface area contributed by atoms with Gasteiger partial charge in [0, 0.05) is 12.6 Å². The van der Waals surface area contributed by atoms with Gasteiger partial charge in [-0.05, 0) is 49.0 Å². The number of rotatable bonds is 6. The molecular formula is C18H20N4S2. The van der Waals surface area contributed by atoms with Crippen LogP contribution in [-0.4, -0.2) is 25.7 Å². The van der Waals surface area contributed by atoms with Crippen molar-refractivity contribution in [2.75, 3.05) is 0 Å². The van der Waals surface area contributed by atoms with Crippen LogP contribution in [0.4, 0.5) is 0 Å². The molecule has 0 atom stereocenters. The Morgan fingerprint density at radius 1 is 1.29 bits per heavy atom. The summed E-state index contributed by atoms with van der Waals surface area (Å²) in [7, 11) is 0. The molecule has 1 saturated carbocycles. The zero-order valence-electron chi connectivity index (χ0n) is 13.6. The molecule has 0 bridgehead atoms. The third-order valence-electron chi connectivity index (χ3n) is 4.33. The first-order valence-corrected chi connectivity index (χ1v) is 9.48. The Balaban J connectivity index is 1.53. The molecule has 1 N–H and O–H groups in total. The Morgan fingerprint density at radius 3 is 2.75 bits per heavy atom. The molecule has 4 nitrogen and oxygen atoms in total. The minimum Gasteiger partial charge on any atom is -0.277 e. The second-order valence-corrected chi connectivity index (χ2v) is 7.68. The number of aromatic amines is 1. The van der Waals surface area contributed by atoms with E-state index in [1.165, 1.54) is 24.0 Å². The molecular weight excluding hydrogens is 336 g/mol. The topological polar surface area (TPSA) is 36.9 Å². The Bertz CT molecular complexity index is 857. The molecule has 1 aliphatic carbocycles. The summed E-state index contributed by atoms with van der Waals surface area (Å²) in [6, 6.07) is 13.5. The summed E-state index contributed by atoms with van der Waals surface area (Å²) in [6.07, 6.45) is 2.54. The normalized spacial score (nSPS) is 14.4. The van der Waals surface area contributed by atoms with Crippen molar-refractivity contribution in [3.63, 3.8) is 0 Å². The van der Waals surface area contributed by atoms with Crippen molar-refractivity contribution in [1.82, 2.24) is 19.7 Å². The van der Waals surface area contributed by atoms with Gasteiger partial charge in [-0.25, -0.2) is 4.68 Å². The van der Waals surface area contributed by atoms with Crippen LogP contribution < -0.4 is 0 Å². The van der Waals surface area contributed by atoms with Gasteiger partial charge in [0.25, 0.3) is 0 Å². The fraction of sp³-hybridized carbons (Fsp3) is 0.333. The number of aromatic nitrogens is 3. The quantitative estimate of drug-likeness (QED) is 0.656. The van der Waals surface area contributed by atoms with Gasteiger partial charge in [-0.15, -0.1) is 11.3 Å². The molecule has 0 radical (unpaired) electrons. The molecule has 4 rings (SSSR count). The maximum Gasteiger partial charge on any atom is 0.217 e. The maximum atomic E-state index is 5.45. The van der Waals surface area contributed by atoms with Crippen LogP contribution in [0.25, 0.3) is 10.7 Å². The molecule has 2 heterocycles. The smallest absolute Gasteiger partial charge is 0.217 e. The van der Waals surface area contributed by atoms with E-state index < -0.39 is 0 Å². The number of aryl methyl sites for hydroxylation is 1. The van der Waals surface area contributed by atoms with Crippen molar-refractivity contribution < 1.29 is 0 Å². The van der Waals surface area contributed by atoms with Crippen molar-refractivity contribution >= 4 is 23.6 Å². The summed E-state index contributed by atoms with van der Waals surface area (Å²) in [6.45, 7) is 3.83. The second-order valence-electron chi connectivity index (χ2n) is 6.37.